The van der Waals surface area contributed by atoms with Crippen molar-refractivity contribution in [1.82, 2.24) is 14.9 Å². The van der Waals surface area contributed by atoms with E-state index < -0.39 is 6.23 Å². The van der Waals surface area contributed by atoms with E-state index in [1.54, 1.807) is 0 Å². The molecule has 1 unspecified atom stereocenters. The minimum atomic E-state index is -0.726. The smallest absolute Gasteiger partial charge is 0.152 e. The van der Waals surface area contributed by atoms with Gasteiger partial charge >= 0.3 is 0 Å². The van der Waals surface area contributed by atoms with E-state index in [1.165, 1.54) is 0 Å². The van der Waals surface area contributed by atoms with Gasteiger partial charge in [-0.3, -0.25) is 4.90 Å². The molecule has 4 rings (SSSR count). The number of aromatic amines is 1. The molecule has 298 valence electrons. The lowest BCUT2D eigenvalue weighted by Gasteiger charge is -2.38. The zero-order chi connectivity index (χ0) is 37.4. The van der Waals surface area contributed by atoms with Crippen LogP contribution in [0.5, 0.6) is 5.75 Å². The number of aliphatic hydroxyl groups is 2. The van der Waals surface area contributed by atoms with Crippen molar-refractivity contribution < 1.29 is 48.1 Å². The fourth-order valence-corrected chi connectivity index (χ4v) is 5.66. The molecule has 1 fully saturated rings. The first-order valence-electron chi connectivity index (χ1n) is 18.8. The Morgan fingerprint density at radius 2 is 1.28 bits per heavy atom. The number of nitrogens with one attached hydrogen (secondary N) is 2. The molecule has 2 aromatic heterocycles. The Labute approximate surface area is 313 Å². The van der Waals surface area contributed by atoms with Crippen LogP contribution in [0.25, 0.3) is 10.9 Å². The molecule has 1 saturated heterocycles. The zero-order valence-electron chi connectivity index (χ0n) is 31.5. The van der Waals surface area contributed by atoms with Crippen molar-refractivity contribution in [2.24, 2.45) is 0 Å². The highest BCUT2D eigenvalue weighted by atomic mass is 16.6. The van der Waals surface area contributed by atoms with Crippen LogP contribution in [0.4, 0.5) is 11.5 Å². The van der Waals surface area contributed by atoms with Gasteiger partial charge in [0.1, 0.15) is 18.6 Å². The number of aliphatic hydroxyl groups excluding tert-OH is 2. The summed E-state index contributed by atoms with van der Waals surface area (Å²) in [5, 5.41) is 24.3. The van der Waals surface area contributed by atoms with Gasteiger partial charge in [-0.25, -0.2) is 4.98 Å². The third kappa shape index (κ3) is 16.4. The quantitative estimate of drug-likeness (QED) is 0.0737. The van der Waals surface area contributed by atoms with E-state index in [2.05, 4.69) is 45.0 Å². The molecule has 3 heterocycles. The van der Waals surface area contributed by atoms with Crippen molar-refractivity contribution in [2.75, 3.05) is 142 Å². The molecular formula is C38H61N5O10. The number of ether oxygens (including phenoxy) is 8. The van der Waals surface area contributed by atoms with E-state index in [0.29, 0.717) is 105 Å². The van der Waals surface area contributed by atoms with Crippen molar-refractivity contribution in [1.29, 1.82) is 0 Å². The number of benzene rings is 1. The van der Waals surface area contributed by atoms with E-state index >= 15 is 0 Å². The Kier molecular flexibility index (Phi) is 20.8. The van der Waals surface area contributed by atoms with Gasteiger partial charge in [0.15, 0.2) is 5.82 Å². The largest absolute Gasteiger partial charge is 0.491 e. The summed E-state index contributed by atoms with van der Waals surface area (Å²) >= 11 is 0. The van der Waals surface area contributed by atoms with E-state index in [0.717, 1.165) is 66.5 Å². The van der Waals surface area contributed by atoms with Gasteiger partial charge in [-0.15, -0.1) is 0 Å². The number of piperazine rings is 1. The van der Waals surface area contributed by atoms with Gasteiger partial charge in [-0.05, 0) is 56.7 Å². The molecule has 0 aliphatic carbocycles. The number of aromatic nitrogens is 2. The summed E-state index contributed by atoms with van der Waals surface area (Å²) in [6, 6.07) is 12.2. The second-order valence-corrected chi connectivity index (χ2v) is 12.8. The van der Waals surface area contributed by atoms with E-state index in [9.17, 15) is 5.11 Å². The Bertz CT molecular complexity index is 1370. The van der Waals surface area contributed by atoms with Crippen molar-refractivity contribution in [2.45, 2.75) is 32.5 Å². The number of nitrogens with zero attached hydrogens (tertiary/aromatic N) is 3. The number of rotatable bonds is 30. The summed E-state index contributed by atoms with van der Waals surface area (Å²) in [5.74, 6) is 1.71. The third-order valence-electron chi connectivity index (χ3n) is 8.25. The first kappa shape index (κ1) is 42.6. The van der Waals surface area contributed by atoms with Gasteiger partial charge in [0.05, 0.1) is 97.3 Å². The zero-order valence-corrected chi connectivity index (χ0v) is 31.5. The second kappa shape index (κ2) is 25.8. The molecule has 0 amide bonds. The highest BCUT2D eigenvalue weighted by molar-refractivity contribution is 5.82. The van der Waals surface area contributed by atoms with Crippen LogP contribution in [0.3, 0.4) is 0 Å². The summed E-state index contributed by atoms with van der Waals surface area (Å²) in [6.07, 6.45) is 1.90. The predicted octanol–water partition coefficient (Wildman–Crippen LogP) is 3.07. The normalized spacial score (nSPS) is 14.4. The Morgan fingerprint density at radius 3 is 1.87 bits per heavy atom. The second-order valence-electron chi connectivity index (χ2n) is 12.8. The summed E-state index contributed by atoms with van der Waals surface area (Å²) < 4.78 is 44.2. The number of fused-ring (bicyclic) bond motifs is 1. The van der Waals surface area contributed by atoms with Crippen molar-refractivity contribution in [3.05, 3.63) is 48.3 Å². The van der Waals surface area contributed by atoms with Crippen LogP contribution in [-0.2, 0) is 33.2 Å². The average molecular weight is 748 g/mol. The molecule has 3 aromatic rings. The maximum Gasteiger partial charge on any atom is 0.152 e. The fraction of sp³-hybridized carbons (Fsp3) is 0.658. The lowest BCUT2D eigenvalue weighted by atomic mass is 10.2. The first-order valence-corrected chi connectivity index (χ1v) is 18.8. The fourth-order valence-electron chi connectivity index (χ4n) is 5.66. The van der Waals surface area contributed by atoms with E-state index in [4.69, 9.17) is 43.0 Å². The summed E-state index contributed by atoms with van der Waals surface area (Å²) in [5.41, 5.74) is 2.75. The number of pyridine rings is 1. The predicted molar refractivity (Wildman–Crippen MR) is 203 cm³/mol. The standard InChI is InChI=1S/C38H61N5O10/c1-31(2)40-35-5-3-8-39-37(35)42-9-11-43(12-10-42)38(45)36-30-32-29-33(6-7-34(32)41-36)53-28-27-52-26-25-51-24-23-50-22-21-49-20-19-48-18-17-47-15-4-14-46-16-13-44/h3,5-8,29-31,38,40-41,44-45H,4,9-28H2,1-2H3. The van der Waals surface area contributed by atoms with Gasteiger partial charge in [-0.1, -0.05) is 0 Å². The first-order chi connectivity index (χ1) is 26.0. The number of hydrogen-bond acceptors (Lipinski definition) is 14. The molecule has 4 N–H and O–H groups in total. The highest BCUT2D eigenvalue weighted by Crippen LogP contribution is 2.29. The number of H-pyrrole nitrogens is 1. The average Bonchev–Trinajstić information content (AvgIpc) is 3.60. The molecule has 15 heteroatoms. The lowest BCUT2D eigenvalue weighted by Crippen LogP contribution is -2.48. The van der Waals surface area contributed by atoms with Gasteiger partial charge < -0.3 is 63.3 Å². The van der Waals surface area contributed by atoms with Crippen LogP contribution >= 0.6 is 0 Å². The highest BCUT2D eigenvalue weighted by Gasteiger charge is 2.26. The number of hydrogen-bond donors (Lipinski definition) is 4. The van der Waals surface area contributed by atoms with Crippen molar-refractivity contribution >= 4 is 22.4 Å². The van der Waals surface area contributed by atoms with Crippen LogP contribution in [0.1, 0.15) is 32.2 Å². The topological polar surface area (TPSA) is 161 Å². The summed E-state index contributed by atoms with van der Waals surface area (Å²) in [6.45, 7) is 14.7. The van der Waals surface area contributed by atoms with Crippen LogP contribution in [0, 0.1) is 0 Å². The minimum Gasteiger partial charge on any atom is -0.491 e. The third-order valence-corrected chi connectivity index (χ3v) is 8.25. The van der Waals surface area contributed by atoms with Gasteiger partial charge in [0.25, 0.3) is 0 Å². The molecule has 1 atom stereocenters. The van der Waals surface area contributed by atoms with Gasteiger partial charge in [0, 0.05) is 62.5 Å². The van der Waals surface area contributed by atoms with Crippen LogP contribution in [0.2, 0.25) is 0 Å². The van der Waals surface area contributed by atoms with Gasteiger partial charge in [-0.2, -0.15) is 0 Å². The molecule has 0 saturated carbocycles. The van der Waals surface area contributed by atoms with E-state index in [1.807, 2.05) is 36.5 Å². The summed E-state index contributed by atoms with van der Waals surface area (Å²) in [4.78, 5) is 12.4. The van der Waals surface area contributed by atoms with Crippen molar-refractivity contribution in [3.63, 3.8) is 0 Å². The molecular weight excluding hydrogens is 686 g/mol. The number of anilines is 2. The van der Waals surface area contributed by atoms with E-state index in [-0.39, 0.29) is 6.61 Å². The Morgan fingerprint density at radius 1 is 0.717 bits per heavy atom. The van der Waals surface area contributed by atoms with Crippen LogP contribution in [0.15, 0.2) is 42.6 Å². The minimum absolute atomic E-state index is 0.0462. The molecule has 1 aromatic carbocycles. The SMILES string of the molecule is CC(C)Nc1cccnc1N1CCN(C(O)c2cc3cc(OCCOCCOCCOCCOCCOCCOCCCOCCO)ccc3[nH]2)CC1. The summed E-state index contributed by atoms with van der Waals surface area (Å²) in [7, 11) is 0. The monoisotopic (exact) mass is 747 g/mol. The van der Waals surface area contributed by atoms with Crippen LogP contribution in [-0.4, -0.2) is 163 Å². The molecule has 1 aliphatic rings. The Balaban J connectivity index is 0.968. The molecule has 15 nitrogen and oxygen atoms in total. The van der Waals surface area contributed by atoms with Gasteiger partial charge in [0.2, 0.25) is 0 Å². The molecule has 0 bridgehead atoms. The molecule has 1 aliphatic heterocycles. The molecule has 0 radical (unpaired) electrons. The van der Waals surface area contributed by atoms with Crippen LogP contribution < -0.4 is 15.0 Å². The Hall–Kier alpha value is -3.09. The maximum atomic E-state index is 11.2. The maximum absolute atomic E-state index is 11.2. The molecule has 53 heavy (non-hydrogen) atoms. The molecule has 0 spiro atoms. The van der Waals surface area contributed by atoms with Crippen molar-refractivity contribution in [3.8, 4) is 5.75 Å². The lowest BCUT2D eigenvalue weighted by molar-refractivity contribution is -0.0187.